The molecule has 2 aliphatic heterocycles. The summed E-state index contributed by atoms with van der Waals surface area (Å²) in [6.45, 7) is 7.63. The lowest BCUT2D eigenvalue weighted by Gasteiger charge is -2.28. The summed E-state index contributed by atoms with van der Waals surface area (Å²) in [6, 6.07) is 0.817. The summed E-state index contributed by atoms with van der Waals surface area (Å²) in [6.07, 6.45) is 6.88. The largest absolute Gasteiger partial charge is 0.317 e. The van der Waals surface area contributed by atoms with E-state index in [0.29, 0.717) is 0 Å². The van der Waals surface area contributed by atoms with Crippen LogP contribution in [0.2, 0.25) is 0 Å². The third kappa shape index (κ3) is 3.72. The quantitative estimate of drug-likeness (QED) is 0.774. The van der Waals surface area contributed by atoms with E-state index < -0.39 is 0 Å². The zero-order valence-corrected chi connectivity index (χ0v) is 10.7. The van der Waals surface area contributed by atoms with Crippen LogP contribution in [0.15, 0.2) is 0 Å². The van der Waals surface area contributed by atoms with Gasteiger partial charge in [0.05, 0.1) is 0 Å². The van der Waals surface area contributed by atoms with E-state index in [9.17, 15) is 0 Å². The molecule has 0 aromatic rings. The van der Waals surface area contributed by atoms with E-state index in [4.69, 9.17) is 0 Å². The Morgan fingerprint density at radius 3 is 2.75 bits per heavy atom. The molecular formula is C13H27N3. The van der Waals surface area contributed by atoms with Crippen LogP contribution in [0.1, 0.15) is 32.1 Å². The number of likely N-dealkylation sites (tertiary alicyclic amines) is 1. The van der Waals surface area contributed by atoms with E-state index in [1.807, 2.05) is 0 Å². The van der Waals surface area contributed by atoms with Gasteiger partial charge in [-0.2, -0.15) is 0 Å². The normalized spacial score (nSPS) is 28.5. The topological polar surface area (TPSA) is 18.5 Å². The Morgan fingerprint density at radius 1 is 1.12 bits per heavy atom. The molecule has 1 N–H and O–H groups in total. The highest BCUT2D eigenvalue weighted by molar-refractivity contribution is 4.75. The molecule has 0 aromatic heterocycles. The van der Waals surface area contributed by atoms with E-state index in [2.05, 4.69) is 22.2 Å². The van der Waals surface area contributed by atoms with Gasteiger partial charge in [-0.3, -0.25) is 0 Å². The zero-order chi connectivity index (χ0) is 11.2. The molecule has 2 heterocycles. The first-order valence-corrected chi connectivity index (χ1v) is 6.99. The highest BCUT2D eigenvalue weighted by atomic mass is 15.2. The number of likely N-dealkylation sites (N-methyl/N-ethyl adjacent to an activating group) is 1. The van der Waals surface area contributed by atoms with E-state index in [1.165, 1.54) is 71.4 Å². The molecule has 2 fully saturated rings. The van der Waals surface area contributed by atoms with Gasteiger partial charge < -0.3 is 15.1 Å². The van der Waals surface area contributed by atoms with Crippen LogP contribution in [-0.4, -0.2) is 62.2 Å². The molecule has 94 valence electrons. The fourth-order valence-electron chi connectivity index (χ4n) is 2.93. The Labute approximate surface area is 100 Å². The van der Waals surface area contributed by atoms with Crippen molar-refractivity contribution in [2.24, 2.45) is 0 Å². The summed E-state index contributed by atoms with van der Waals surface area (Å²) in [4.78, 5) is 5.21. The van der Waals surface area contributed by atoms with E-state index >= 15 is 0 Å². The molecule has 0 spiro atoms. The van der Waals surface area contributed by atoms with Gasteiger partial charge in [0.2, 0.25) is 0 Å². The number of hydrogen-bond donors (Lipinski definition) is 1. The molecule has 3 nitrogen and oxygen atoms in total. The predicted molar refractivity (Wildman–Crippen MR) is 68.8 cm³/mol. The highest BCUT2D eigenvalue weighted by Gasteiger charge is 2.18. The van der Waals surface area contributed by atoms with Crippen molar-refractivity contribution in [2.75, 3.05) is 46.3 Å². The zero-order valence-electron chi connectivity index (χ0n) is 10.7. The van der Waals surface area contributed by atoms with Gasteiger partial charge in [-0.15, -0.1) is 0 Å². The predicted octanol–water partition coefficient (Wildman–Crippen LogP) is 1.16. The van der Waals surface area contributed by atoms with Crippen LogP contribution in [0.5, 0.6) is 0 Å². The van der Waals surface area contributed by atoms with Crippen molar-refractivity contribution in [3.63, 3.8) is 0 Å². The van der Waals surface area contributed by atoms with Gasteiger partial charge in [-0.25, -0.2) is 0 Å². The molecule has 0 aliphatic carbocycles. The minimum Gasteiger partial charge on any atom is -0.317 e. The average Bonchev–Trinajstić information content (AvgIpc) is 2.66. The summed E-state index contributed by atoms with van der Waals surface area (Å²) in [5.41, 5.74) is 0. The second-order valence-electron chi connectivity index (χ2n) is 5.36. The average molecular weight is 225 g/mol. The third-order valence-electron chi connectivity index (χ3n) is 4.14. The maximum Gasteiger partial charge on any atom is 0.0109 e. The lowest BCUT2D eigenvalue weighted by molar-refractivity contribution is 0.193. The fraction of sp³-hybridized carbons (Fsp3) is 1.00. The molecule has 2 aliphatic rings. The van der Waals surface area contributed by atoms with Crippen molar-refractivity contribution in [1.29, 1.82) is 0 Å². The van der Waals surface area contributed by atoms with Crippen molar-refractivity contribution in [1.82, 2.24) is 15.1 Å². The standard InChI is InChI=1S/C13H27N3/c1-15(11-12-16-9-2-3-10-16)13-5-4-7-14-8-6-13/h13-14H,2-12H2,1H3. The van der Waals surface area contributed by atoms with Crippen molar-refractivity contribution in [3.05, 3.63) is 0 Å². The van der Waals surface area contributed by atoms with Gasteiger partial charge in [0.15, 0.2) is 0 Å². The number of nitrogens with one attached hydrogen (secondary N) is 1. The van der Waals surface area contributed by atoms with Crippen LogP contribution in [0.3, 0.4) is 0 Å². The molecule has 2 rings (SSSR count). The Bertz CT molecular complexity index is 182. The Hall–Kier alpha value is -0.120. The number of rotatable bonds is 4. The first kappa shape index (κ1) is 12.3. The molecule has 1 atom stereocenters. The van der Waals surface area contributed by atoms with Crippen LogP contribution in [-0.2, 0) is 0 Å². The molecule has 1 unspecified atom stereocenters. The molecule has 0 aromatic carbocycles. The van der Waals surface area contributed by atoms with E-state index in [-0.39, 0.29) is 0 Å². The lowest BCUT2D eigenvalue weighted by atomic mass is 10.1. The second-order valence-corrected chi connectivity index (χ2v) is 5.36. The lowest BCUT2D eigenvalue weighted by Crippen LogP contribution is -2.38. The molecular weight excluding hydrogens is 198 g/mol. The SMILES string of the molecule is CN(CCN1CCCC1)C1CCCNCC1. The fourth-order valence-corrected chi connectivity index (χ4v) is 2.93. The number of hydrogen-bond acceptors (Lipinski definition) is 3. The van der Waals surface area contributed by atoms with Gasteiger partial charge in [0.25, 0.3) is 0 Å². The van der Waals surface area contributed by atoms with Crippen molar-refractivity contribution >= 4 is 0 Å². The van der Waals surface area contributed by atoms with Gasteiger partial charge in [0, 0.05) is 19.1 Å². The summed E-state index contributed by atoms with van der Waals surface area (Å²) < 4.78 is 0. The highest BCUT2D eigenvalue weighted by Crippen LogP contribution is 2.12. The van der Waals surface area contributed by atoms with E-state index in [0.717, 1.165) is 6.04 Å². The van der Waals surface area contributed by atoms with Crippen LogP contribution in [0.4, 0.5) is 0 Å². The maximum atomic E-state index is 3.49. The first-order valence-electron chi connectivity index (χ1n) is 6.99. The first-order chi connectivity index (χ1) is 7.86. The Kier molecular flexibility index (Phi) is 5.07. The summed E-state index contributed by atoms with van der Waals surface area (Å²) >= 11 is 0. The molecule has 16 heavy (non-hydrogen) atoms. The van der Waals surface area contributed by atoms with Gasteiger partial charge in [0.1, 0.15) is 0 Å². The van der Waals surface area contributed by atoms with Crippen molar-refractivity contribution < 1.29 is 0 Å². The maximum absolute atomic E-state index is 3.49. The minimum absolute atomic E-state index is 0.817. The second kappa shape index (κ2) is 6.58. The monoisotopic (exact) mass is 225 g/mol. The summed E-state index contributed by atoms with van der Waals surface area (Å²) in [5, 5.41) is 3.49. The summed E-state index contributed by atoms with van der Waals surface area (Å²) in [5.74, 6) is 0. The summed E-state index contributed by atoms with van der Waals surface area (Å²) in [7, 11) is 2.31. The smallest absolute Gasteiger partial charge is 0.0109 e. The Balaban J connectivity index is 1.66. The Morgan fingerprint density at radius 2 is 1.94 bits per heavy atom. The van der Waals surface area contributed by atoms with Crippen LogP contribution >= 0.6 is 0 Å². The van der Waals surface area contributed by atoms with Gasteiger partial charge >= 0.3 is 0 Å². The molecule has 2 saturated heterocycles. The van der Waals surface area contributed by atoms with E-state index in [1.54, 1.807) is 0 Å². The minimum atomic E-state index is 0.817. The molecule has 0 saturated carbocycles. The van der Waals surface area contributed by atoms with Crippen LogP contribution in [0.25, 0.3) is 0 Å². The molecule has 0 amide bonds. The molecule has 0 bridgehead atoms. The van der Waals surface area contributed by atoms with Gasteiger partial charge in [-0.05, 0) is 65.3 Å². The molecule has 0 radical (unpaired) electrons. The van der Waals surface area contributed by atoms with Crippen LogP contribution < -0.4 is 5.32 Å². The molecule has 3 heteroatoms. The van der Waals surface area contributed by atoms with Crippen molar-refractivity contribution in [3.8, 4) is 0 Å². The number of nitrogens with zero attached hydrogens (tertiary/aromatic N) is 2. The van der Waals surface area contributed by atoms with Crippen LogP contribution in [0, 0.1) is 0 Å². The van der Waals surface area contributed by atoms with Crippen molar-refractivity contribution in [2.45, 2.75) is 38.1 Å². The van der Waals surface area contributed by atoms with Gasteiger partial charge in [-0.1, -0.05) is 0 Å². The third-order valence-corrected chi connectivity index (χ3v) is 4.14.